The summed E-state index contributed by atoms with van der Waals surface area (Å²) in [5.41, 5.74) is 0.351. The van der Waals surface area contributed by atoms with Gasteiger partial charge in [0.1, 0.15) is 12.2 Å². The van der Waals surface area contributed by atoms with Gasteiger partial charge >= 0.3 is 5.97 Å². The molecule has 0 aliphatic rings. The number of methoxy groups -OCH3 is 1. The zero-order valence-electron chi connectivity index (χ0n) is 10.2. The first-order valence-electron chi connectivity index (χ1n) is 5.33. The molecule has 0 spiro atoms. The van der Waals surface area contributed by atoms with Crippen LogP contribution in [0.4, 0.5) is 0 Å². The minimum absolute atomic E-state index is 0.222. The van der Waals surface area contributed by atoms with Crippen LogP contribution in [0.3, 0.4) is 0 Å². The molecule has 0 aliphatic heterocycles. The van der Waals surface area contributed by atoms with Gasteiger partial charge in [-0.2, -0.15) is 0 Å². The Labute approximate surface area is 104 Å². The minimum atomic E-state index is -1.28. The second-order valence-electron chi connectivity index (χ2n) is 3.70. The molecular weight excluding hydrogens is 240 g/mol. The fourth-order valence-electron chi connectivity index (χ4n) is 1.43. The Morgan fingerprint density at radius 3 is 2.50 bits per heavy atom. The average molecular weight is 256 g/mol. The van der Waals surface area contributed by atoms with Crippen LogP contribution in [-0.2, 0) is 4.79 Å². The maximum Gasteiger partial charge on any atom is 0.308 e. The molecule has 3 N–H and O–H groups in total. The topological polar surface area (TPSA) is 96.2 Å². The first-order valence-corrected chi connectivity index (χ1v) is 5.33. The molecule has 0 fully saturated rings. The molecular formula is C12H16O6. The Hall–Kier alpha value is -1.63. The van der Waals surface area contributed by atoms with E-state index in [0.717, 1.165) is 0 Å². The van der Waals surface area contributed by atoms with E-state index in [9.17, 15) is 15.0 Å². The Morgan fingerprint density at radius 1 is 1.33 bits per heavy atom. The molecule has 0 aliphatic carbocycles. The summed E-state index contributed by atoms with van der Waals surface area (Å²) in [6, 6.07) is 4.36. The lowest BCUT2D eigenvalue weighted by molar-refractivity contribution is -0.132. The number of benzene rings is 1. The molecule has 6 nitrogen and oxygen atoms in total. The van der Waals surface area contributed by atoms with Gasteiger partial charge < -0.3 is 24.8 Å². The van der Waals surface area contributed by atoms with E-state index in [-0.39, 0.29) is 11.5 Å². The molecule has 0 aromatic heterocycles. The smallest absolute Gasteiger partial charge is 0.308 e. The number of rotatable bonds is 5. The van der Waals surface area contributed by atoms with E-state index in [2.05, 4.69) is 0 Å². The second kappa shape index (κ2) is 6.34. The van der Waals surface area contributed by atoms with Gasteiger partial charge in [-0.25, -0.2) is 0 Å². The van der Waals surface area contributed by atoms with Crippen LogP contribution >= 0.6 is 0 Å². The summed E-state index contributed by atoms with van der Waals surface area (Å²) in [5.74, 6) is -0.0108. The summed E-state index contributed by atoms with van der Waals surface area (Å²) in [4.78, 5) is 10.9. The maximum atomic E-state index is 10.9. The van der Waals surface area contributed by atoms with Crippen LogP contribution in [-0.4, -0.2) is 41.1 Å². The second-order valence-corrected chi connectivity index (χ2v) is 3.70. The third kappa shape index (κ3) is 3.43. The molecule has 0 radical (unpaired) electrons. The molecule has 1 rings (SSSR count). The number of esters is 1. The average Bonchev–Trinajstić information content (AvgIpc) is 2.36. The van der Waals surface area contributed by atoms with Crippen molar-refractivity contribution in [2.24, 2.45) is 0 Å². The zero-order valence-corrected chi connectivity index (χ0v) is 10.2. The summed E-state index contributed by atoms with van der Waals surface area (Å²) in [7, 11) is 1.39. The lowest BCUT2D eigenvalue weighted by Crippen LogP contribution is -2.22. The number of aliphatic hydroxyl groups is 3. The highest BCUT2D eigenvalue weighted by atomic mass is 16.6. The van der Waals surface area contributed by atoms with E-state index < -0.39 is 24.8 Å². The fraction of sp³-hybridized carbons (Fsp3) is 0.417. The Morgan fingerprint density at radius 2 is 2.00 bits per heavy atom. The number of carbonyl (C=O) groups excluding carboxylic acids is 1. The Balaban J connectivity index is 3.01. The van der Waals surface area contributed by atoms with Crippen molar-refractivity contribution in [2.75, 3.05) is 13.7 Å². The van der Waals surface area contributed by atoms with Gasteiger partial charge in [0, 0.05) is 6.92 Å². The third-order valence-electron chi connectivity index (χ3n) is 2.33. The standard InChI is InChI=1S/C12H16O6/c1-7(14)18-10-4-3-8(5-11(10)17-2)12(16)9(15)6-13/h3-5,9,12-13,15-16H,6H2,1-2H3. The maximum absolute atomic E-state index is 10.9. The number of ether oxygens (including phenoxy) is 2. The minimum Gasteiger partial charge on any atom is -0.493 e. The van der Waals surface area contributed by atoms with E-state index in [1.54, 1.807) is 0 Å². The SMILES string of the molecule is COc1cc(C(O)C(O)CO)ccc1OC(C)=O. The van der Waals surface area contributed by atoms with E-state index in [1.807, 2.05) is 0 Å². The lowest BCUT2D eigenvalue weighted by Gasteiger charge is -2.17. The Bertz CT molecular complexity index is 417. The van der Waals surface area contributed by atoms with Gasteiger partial charge in [-0.05, 0) is 17.7 Å². The number of carbonyl (C=O) groups is 1. The molecule has 1 aromatic carbocycles. The molecule has 0 amide bonds. The van der Waals surface area contributed by atoms with Crippen LogP contribution in [0.2, 0.25) is 0 Å². The van der Waals surface area contributed by atoms with Crippen molar-refractivity contribution < 1.29 is 29.6 Å². The fourth-order valence-corrected chi connectivity index (χ4v) is 1.43. The van der Waals surface area contributed by atoms with Crippen molar-refractivity contribution in [3.05, 3.63) is 23.8 Å². The Kier molecular flexibility index (Phi) is 5.08. The van der Waals surface area contributed by atoms with Crippen molar-refractivity contribution in [1.82, 2.24) is 0 Å². The van der Waals surface area contributed by atoms with Gasteiger partial charge in [-0.3, -0.25) is 4.79 Å². The van der Waals surface area contributed by atoms with Gasteiger partial charge in [-0.1, -0.05) is 6.07 Å². The highest BCUT2D eigenvalue weighted by molar-refractivity contribution is 5.70. The van der Waals surface area contributed by atoms with Crippen molar-refractivity contribution in [3.8, 4) is 11.5 Å². The van der Waals surface area contributed by atoms with Crippen molar-refractivity contribution in [3.63, 3.8) is 0 Å². The summed E-state index contributed by atoms with van der Waals surface area (Å²) >= 11 is 0. The third-order valence-corrected chi connectivity index (χ3v) is 2.33. The molecule has 0 bridgehead atoms. The van der Waals surface area contributed by atoms with Crippen molar-refractivity contribution in [1.29, 1.82) is 0 Å². The molecule has 1 aromatic rings. The normalized spacial score (nSPS) is 13.8. The van der Waals surface area contributed by atoms with E-state index in [4.69, 9.17) is 14.6 Å². The highest BCUT2D eigenvalue weighted by Gasteiger charge is 2.19. The van der Waals surface area contributed by atoms with Gasteiger partial charge in [0.05, 0.1) is 13.7 Å². The molecule has 6 heteroatoms. The predicted octanol–water partition coefficient (Wildman–Crippen LogP) is 0.00710. The molecule has 2 unspecified atom stereocenters. The van der Waals surface area contributed by atoms with E-state index >= 15 is 0 Å². The monoisotopic (exact) mass is 256 g/mol. The van der Waals surface area contributed by atoms with Gasteiger partial charge in [0.25, 0.3) is 0 Å². The number of hydrogen-bond donors (Lipinski definition) is 3. The van der Waals surface area contributed by atoms with E-state index in [0.29, 0.717) is 5.56 Å². The predicted molar refractivity (Wildman–Crippen MR) is 62.4 cm³/mol. The van der Waals surface area contributed by atoms with Gasteiger partial charge in [0.2, 0.25) is 0 Å². The number of aliphatic hydroxyl groups excluding tert-OH is 3. The molecule has 0 heterocycles. The summed E-state index contributed by atoms with van der Waals surface area (Å²) in [6.45, 7) is 0.701. The molecule has 2 atom stereocenters. The van der Waals surface area contributed by atoms with Gasteiger partial charge in [0.15, 0.2) is 11.5 Å². The van der Waals surface area contributed by atoms with Crippen LogP contribution in [0.5, 0.6) is 11.5 Å². The zero-order chi connectivity index (χ0) is 13.7. The van der Waals surface area contributed by atoms with Gasteiger partial charge in [-0.15, -0.1) is 0 Å². The van der Waals surface area contributed by atoms with Crippen molar-refractivity contribution >= 4 is 5.97 Å². The van der Waals surface area contributed by atoms with Crippen LogP contribution in [0.25, 0.3) is 0 Å². The van der Waals surface area contributed by atoms with Crippen LogP contribution in [0.1, 0.15) is 18.6 Å². The lowest BCUT2D eigenvalue weighted by atomic mass is 10.0. The van der Waals surface area contributed by atoms with Crippen LogP contribution in [0.15, 0.2) is 18.2 Å². The highest BCUT2D eigenvalue weighted by Crippen LogP contribution is 2.31. The quantitative estimate of drug-likeness (QED) is 0.507. The van der Waals surface area contributed by atoms with Crippen LogP contribution < -0.4 is 9.47 Å². The van der Waals surface area contributed by atoms with Crippen LogP contribution in [0, 0.1) is 0 Å². The summed E-state index contributed by atoms with van der Waals surface area (Å²) in [5, 5.41) is 27.8. The first kappa shape index (κ1) is 14.4. The summed E-state index contributed by atoms with van der Waals surface area (Å²) < 4.78 is 9.92. The molecule has 18 heavy (non-hydrogen) atoms. The largest absolute Gasteiger partial charge is 0.493 e. The molecule has 100 valence electrons. The van der Waals surface area contributed by atoms with E-state index in [1.165, 1.54) is 32.2 Å². The molecule has 0 saturated carbocycles. The summed E-state index contributed by atoms with van der Waals surface area (Å²) in [6.07, 6.45) is -2.52. The van der Waals surface area contributed by atoms with Crippen molar-refractivity contribution in [2.45, 2.75) is 19.1 Å². The first-order chi connectivity index (χ1) is 8.49. The number of hydrogen-bond acceptors (Lipinski definition) is 6. The molecule has 0 saturated heterocycles.